The lowest BCUT2D eigenvalue weighted by molar-refractivity contribution is 0.356. The normalized spacial score (nSPS) is 9.00. The van der Waals surface area contributed by atoms with Crippen molar-refractivity contribution in [3.63, 3.8) is 0 Å². The molecule has 142 valence electrons. The summed E-state index contributed by atoms with van der Waals surface area (Å²) < 4.78 is 11.1. The van der Waals surface area contributed by atoms with E-state index in [-0.39, 0.29) is 13.2 Å². The van der Waals surface area contributed by atoms with E-state index in [9.17, 15) is 0 Å². The van der Waals surface area contributed by atoms with Gasteiger partial charge in [-0.15, -0.1) is 0 Å². The molecule has 0 saturated heterocycles. The third-order valence-corrected chi connectivity index (χ3v) is 3.90. The lowest BCUT2D eigenvalue weighted by atomic mass is 10.1. The predicted octanol–water partition coefficient (Wildman–Crippen LogP) is 4.29. The van der Waals surface area contributed by atoms with Crippen molar-refractivity contribution >= 4 is 0 Å². The maximum absolute atomic E-state index is 8.92. The van der Waals surface area contributed by atoms with Crippen LogP contribution in [0, 0.1) is 46.3 Å². The number of nitriles is 2. The van der Waals surface area contributed by atoms with E-state index in [0.717, 1.165) is 11.1 Å². The lowest BCUT2D eigenvalue weighted by Crippen LogP contribution is -2.01. The van der Waals surface area contributed by atoms with Crippen molar-refractivity contribution < 1.29 is 9.47 Å². The minimum Gasteiger partial charge on any atom is -0.477 e. The van der Waals surface area contributed by atoms with Crippen molar-refractivity contribution in [2.75, 3.05) is 13.2 Å². The van der Waals surface area contributed by atoms with Gasteiger partial charge in [-0.05, 0) is 24.3 Å². The fraction of sp³-hybridized carbons (Fsp3) is 0.0769. The molecule has 0 N–H and O–H groups in total. The van der Waals surface area contributed by atoms with Crippen molar-refractivity contribution in [2.45, 2.75) is 0 Å². The molecule has 0 saturated carbocycles. The summed E-state index contributed by atoms with van der Waals surface area (Å²) in [6.45, 7) is -0.242. The van der Waals surface area contributed by atoms with E-state index < -0.39 is 0 Å². The zero-order valence-electron chi connectivity index (χ0n) is 16.1. The first-order valence-corrected chi connectivity index (χ1v) is 9.12. The molecule has 3 rings (SSSR count). The second-order valence-electron chi connectivity index (χ2n) is 5.97. The fourth-order valence-corrected chi connectivity index (χ4v) is 2.54. The van der Waals surface area contributed by atoms with Crippen LogP contribution in [0.25, 0.3) is 0 Å². The summed E-state index contributed by atoms with van der Waals surface area (Å²) in [6, 6.07) is 26.3. The highest BCUT2D eigenvalue weighted by molar-refractivity contribution is 5.60. The number of hydrogen-bond donors (Lipinski definition) is 0. The summed E-state index contributed by atoms with van der Waals surface area (Å²) in [4.78, 5) is 0. The van der Waals surface area contributed by atoms with Crippen LogP contribution < -0.4 is 9.47 Å². The van der Waals surface area contributed by atoms with Crippen molar-refractivity contribution in [1.82, 2.24) is 0 Å². The smallest absolute Gasteiger partial charge is 0.174 e. The van der Waals surface area contributed by atoms with E-state index in [1.54, 1.807) is 12.1 Å². The van der Waals surface area contributed by atoms with Crippen LogP contribution in [0.15, 0.2) is 72.8 Å². The van der Waals surface area contributed by atoms with Gasteiger partial charge in [0.25, 0.3) is 0 Å². The van der Waals surface area contributed by atoms with Gasteiger partial charge in [-0.1, -0.05) is 60.1 Å². The van der Waals surface area contributed by atoms with Gasteiger partial charge in [0.15, 0.2) is 13.2 Å². The molecular weight excluding hydrogens is 372 g/mol. The van der Waals surface area contributed by atoms with Gasteiger partial charge in [-0.2, -0.15) is 10.5 Å². The van der Waals surface area contributed by atoms with E-state index in [0.29, 0.717) is 22.6 Å². The highest BCUT2D eigenvalue weighted by Crippen LogP contribution is 2.28. The molecule has 0 amide bonds. The standard InChI is InChI=1S/C26H16N2O2/c27-15-17-29-25-20-24(14-12-22-9-5-2-6-10-22)26(30-18-16-28)19-23(25)13-11-21-7-3-1-4-8-21/h1-10,19-20H,17-18H2. The second-order valence-corrected chi connectivity index (χ2v) is 5.97. The monoisotopic (exact) mass is 388 g/mol. The summed E-state index contributed by atoms with van der Waals surface area (Å²) in [5.74, 6) is 13.1. The zero-order chi connectivity index (χ0) is 21.0. The van der Waals surface area contributed by atoms with Gasteiger partial charge >= 0.3 is 0 Å². The first-order chi connectivity index (χ1) is 14.8. The molecule has 3 aromatic rings. The molecule has 4 nitrogen and oxygen atoms in total. The van der Waals surface area contributed by atoms with Crippen LogP contribution in [-0.2, 0) is 0 Å². The maximum Gasteiger partial charge on any atom is 0.174 e. The Bertz CT molecular complexity index is 1110. The van der Waals surface area contributed by atoms with Crippen molar-refractivity contribution in [3.8, 4) is 47.3 Å². The first kappa shape index (κ1) is 20.1. The highest BCUT2D eigenvalue weighted by atomic mass is 16.5. The van der Waals surface area contributed by atoms with E-state index >= 15 is 0 Å². The zero-order valence-corrected chi connectivity index (χ0v) is 16.1. The van der Waals surface area contributed by atoms with Crippen molar-refractivity contribution in [3.05, 3.63) is 95.1 Å². The molecule has 0 aliphatic rings. The van der Waals surface area contributed by atoms with Crippen LogP contribution in [0.3, 0.4) is 0 Å². The molecule has 4 heteroatoms. The molecule has 0 aliphatic carbocycles. The van der Waals surface area contributed by atoms with Crippen LogP contribution in [0.2, 0.25) is 0 Å². The van der Waals surface area contributed by atoms with Crippen LogP contribution in [0.5, 0.6) is 11.5 Å². The first-order valence-electron chi connectivity index (χ1n) is 9.12. The molecular formula is C26H16N2O2. The highest BCUT2D eigenvalue weighted by Gasteiger charge is 2.10. The van der Waals surface area contributed by atoms with E-state index in [4.69, 9.17) is 20.0 Å². The SMILES string of the molecule is N#CCOc1cc(C#Cc2ccccc2)c(OCC#N)cc1C#Cc1ccccc1. The van der Waals surface area contributed by atoms with E-state index in [2.05, 4.69) is 23.7 Å². The van der Waals surface area contributed by atoms with Crippen LogP contribution in [-0.4, -0.2) is 13.2 Å². The number of nitrogens with zero attached hydrogens (tertiary/aromatic N) is 2. The summed E-state index contributed by atoms with van der Waals surface area (Å²) in [5.41, 5.74) is 2.78. The molecule has 30 heavy (non-hydrogen) atoms. The fourth-order valence-electron chi connectivity index (χ4n) is 2.54. The third-order valence-electron chi connectivity index (χ3n) is 3.90. The molecule has 0 atom stereocenters. The molecule has 0 aliphatic heterocycles. The Labute approximate surface area is 175 Å². The van der Waals surface area contributed by atoms with Gasteiger partial charge in [0.2, 0.25) is 0 Å². The number of benzene rings is 3. The molecule has 0 unspecified atom stereocenters. The van der Waals surface area contributed by atoms with Gasteiger partial charge in [-0.25, -0.2) is 0 Å². The summed E-state index contributed by atoms with van der Waals surface area (Å²) >= 11 is 0. The molecule has 0 aromatic heterocycles. The minimum atomic E-state index is -0.121. The van der Waals surface area contributed by atoms with Crippen LogP contribution in [0.1, 0.15) is 22.3 Å². The van der Waals surface area contributed by atoms with E-state index in [1.165, 1.54) is 0 Å². The van der Waals surface area contributed by atoms with Crippen LogP contribution >= 0.6 is 0 Å². The molecule has 0 bridgehead atoms. The number of hydrogen-bond acceptors (Lipinski definition) is 4. The summed E-state index contributed by atoms with van der Waals surface area (Å²) in [7, 11) is 0. The Morgan fingerprint density at radius 1 is 0.567 bits per heavy atom. The van der Waals surface area contributed by atoms with E-state index in [1.807, 2.05) is 72.8 Å². The van der Waals surface area contributed by atoms with Crippen molar-refractivity contribution in [2.24, 2.45) is 0 Å². The maximum atomic E-state index is 8.92. The van der Waals surface area contributed by atoms with Crippen molar-refractivity contribution in [1.29, 1.82) is 10.5 Å². The minimum absolute atomic E-state index is 0.121. The summed E-state index contributed by atoms with van der Waals surface area (Å²) in [5, 5.41) is 17.8. The summed E-state index contributed by atoms with van der Waals surface area (Å²) in [6.07, 6.45) is 0. The lowest BCUT2D eigenvalue weighted by Gasteiger charge is -2.10. The van der Waals surface area contributed by atoms with Crippen LogP contribution in [0.4, 0.5) is 0 Å². The number of ether oxygens (including phenoxy) is 2. The average Bonchev–Trinajstić information content (AvgIpc) is 2.80. The second kappa shape index (κ2) is 10.6. The molecule has 0 heterocycles. The molecule has 3 aromatic carbocycles. The predicted molar refractivity (Wildman–Crippen MR) is 114 cm³/mol. The van der Waals surface area contributed by atoms with Gasteiger partial charge in [0.05, 0.1) is 11.1 Å². The Morgan fingerprint density at radius 3 is 1.33 bits per heavy atom. The number of rotatable bonds is 4. The molecule has 0 fully saturated rings. The quantitative estimate of drug-likeness (QED) is 0.626. The molecule has 0 radical (unpaired) electrons. The molecule has 0 spiro atoms. The Hall–Kier alpha value is -4.64. The third kappa shape index (κ3) is 5.68. The van der Waals surface area contributed by atoms with Gasteiger partial charge in [-0.3, -0.25) is 0 Å². The Balaban J connectivity index is 2.06. The van der Waals surface area contributed by atoms with Gasteiger partial charge < -0.3 is 9.47 Å². The van der Waals surface area contributed by atoms with Gasteiger partial charge in [0, 0.05) is 23.3 Å². The van der Waals surface area contributed by atoms with Gasteiger partial charge in [0.1, 0.15) is 23.6 Å². The topological polar surface area (TPSA) is 66.0 Å². The average molecular weight is 388 g/mol. The largest absolute Gasteiger partial charge is 0.477 e. The Kier molecular flexibility index (Phi) is 7.12. The Morgan fingerprint density at radius 2 is 0.967 bits per heavy atom.